The van der Waals surface area contributed by atoms with Crippen LogP contribution in [0.2, 0.25) is 0 Å². The Bertz CT molecular complexity index is 1470. The van der Waals surface area contributed by atoms with Crippen molar-refractivity contribution in [1.82, 2.24) is 0 Å². The lowest BCUT2D eigenvalue weighted by atomic mass is 9.66. The van der Waals surface area contributed by atoms with Crippen molar-refractivity contribution in [2.24, 2.45) is 0 Å². The quantitative estimate of drug-likeness (QED) is 0.305. The molecule has 0 bridgehead atoms. The Morgan fingerprint density at radius 3 is 1.76 bits per heavy atom. The lowest BCUT2D eigenvalue weighted by molar-refractivity contribution is 0.436. The van der Waals surface area contributed by atoms with Crippen molar-refractivity contribution in [1.29, 1.82) is 0 Å². The van der Waals surface area contributed by atoms with Gasteiger partial charge in [-0.05, 0) is 58.7 Å². The lowest BCUT2D eigenvalue weighted by Gasteiger charge is -2.39. The van der Waals surface area contributed by atoms with Gasteiger partial charge in [0.1, 0.15) is 11.5 Å². The van der Waals surface area contributed by atoms with E-state index in [-0.39, 0.29) is 0 Å². The molecule has 1 spiro atoms. The first kappa shape index (κ1) is 18.3. The molecule has 1 aliphatic carbocycles. The van der Waals surface area contributed by atoms with E-state index < -0.39 is 5.41 Å². The number of hydrogen-bond acceptors (Lipinski definition) is 2. The van der Waals surface area contributed by atoms with Gasteiger partial charge in [-0.2, -0.15) is 0 Å². The van der Waals surface area contributed by atoms with Crippen LogP contribution in [-0.2, 0) is 5.41 Å². The number of fused-ring (bicyclic) bond motifs is 9. The molecular formula is C31H21NO. The molecule has 0 aromatic heterocycles. The van der Waals surface area contributed by atoms with Crippen molar-refractivity contribution in [3.05, 3.63) is 144 Å². The van der Waals surface area contributed by atoms with Crippen molar-refractivity contribution >= 4 is 11.4 Å². The summed E-state index contributed by atoms with van der Waals surface area (Å²) < 4.78 is 6.38. The van der Waals surface area contributed by atoms with Gasteiger partial charge in [-0.3, -0.25) is 0 Å². The third-order valence-electron chi connectivity index (χ3n) is 6.91. The van der Waals surface area contributed by atoms with E-state index in [4.69, 9.17) is 4.74 Å². The van der Waals surface area contributed by atoms with Crippen molar-refractivity contribution in [2.75, 3.05) is 5.32 Å². The Kier molecular flexibility index (Phi) is 3.80. The molecule has 0 unspecified atom stereocenters. The summed E-state index contributed by atoms with van der Waals surface area (Å²) in [5.74, 6) is 1.84. The van der Waals surface area contributed by atoms with E-state index in [1.54, 1.807) is 0 Å². The van der Waals surface area contributed by atoms with Gasteiger partial charge in [-0.1, -0.05) is 84.9 Å². The maximum atomic E-state index is 6.38. The average molecular weight is 424 g/mol. The van der Waals surface area contributed by atoms with Crippen LogP contribution in [0, 0.1) is 0 Å². The smallest absolute Gasteiger partial charge is 0.132 e. The van der Waals surface area contributed by atoms with E-state index in [1.165, 1.54) is 33.4 Å². The summed E-state index contributed by atoms with van der Waals surface area (Å²) in [7, 11) is 0. The highest BCUT2D eigenvalue weighted by atomic mass is 16.5. The van der Waals surface area contributed by atoms with Gasteiger partial charge in [0.2, 0.25) is 0 Å². The number of para-hydroxylation sites is 3. The van der Waals surface area contributed by atoms with E-state index in [2.05, 4.69) is 121 Å². The molecule has 0 saturated carbocycles. The number of anilines is 2. The van der Waals surface area contributed by atoms with Crippen molar-refractivity contribution in [3.8, 4) is 22.6 Å². The molecule has 33 heavy (non-hydrogen) atoms. The Hall–Kier alpha value is -4.30. The van der Waals surface area contributed by atoms with Crippen molar-refractivity contribution < 1.29 is 4.74 Å². The van der Waals surface area contributed by atoms with Gasteiger partial charge in [0.25, 0.3) is 0 Å². The van der Waals surface area contributed by atoms with Crippen LogP contribution in [0.15, 0.2) is 121 Å². The highest BCUT2D eigenvalue weighted by molar-refractivity contribution is 5.90. The van der Waals surface area contributed by atoms with Crippen molar-refractivity contribution in [2.45, 2.75) is 5.41 Å². The molecule has 2 heteroatoms. The minimum absolute atomic E-state index is 0.400. The summed E-state index contributed by atoms with van der Waals surface area (Å²) in [6.07, 6.45) is 0. The number of benzene rings is 5. The monoisotopic (exact) mass is 423 g/mol. The van der Waals surface area contributed by atoms with E-state index >= 15 is 0 Å². The second-order valence-electron chi connectivity index (χ2n) is 8.64. The van der Waals surface area contributed by atoms with E-state index in [9.17, 15) is 0 Å². The summed E-state index contributed by atoms with van der Waals surface area (Å²) in [6, 6.07) is 42.8. The van der Waals surface area contributed by atoms with Crippen LogP contribution in [0.4, 0.5) is 11.4 Å². The molecule has 5 aromatic rings. The summed E-state index contributed by atoms with van der Waals surface area (Å²) in [5.41, 5.74) is 9.29. The van der Waals surface area contributed by atoms with Gasteiger partial charge in [0.05, 0.1) is 5.41 Å². The summed E-state index contributed by atoms with van der Waals surface area (Å²) in [6.45, 7) is 0. The van der Waals surface area contributed by atoms with Crippen LogP contribution in [0.25, 0.3) is 11.1 Å². The molecule has 0 saturated heterocycles. The van der Waals surface area contributed by atoms with Crippen LogP contribution in [0.1, 0.15) is 22.3 Å². The van der Waals surface area contributed by atoms with Gasteiger partial charge in [0.15, 0.2) is 0 Å². The molecule has 5 aromatic carbocycles. The van der Waals surface area contributed by atoms with Crippen LogP contribution < -0.4 is 10.1 Å². The van der Waals surface area contributed by atoms with E-state index in [1.807, 2.05) is 6.07 Å². The van der Waals surface area contributed by atoms with Crippen molar-refractivity contribution in [3.63, 3.8) is 0 Å². The molecule has 0 atom stereocenters. The van der Waals surface area contributed by atoms with E-state index in [0.29, 0.717) is 0 Å². The minimum Gasteiger partial charge on any atom is -0.457 e. The molecule has 0 fully saturated rings. The predicted octanol–water partition coefficient (Wildman–Crippen LogP) is 7.90. The average Bonchev–Trinajstić information content (AvgIpc) is 3.16. The van der Waals surface area contributed by atoms with Gasteiger partial charge in [0, 0.05) is 22.5 Å². The number of ether oxygens (including phenoxy) is 1. The van der Waals surface area contributed by atoms with E-state index in [0.717, 1.165) is 22.9 Å². The Balaban J connectivity index is 1.53. The lowest BCUT2D eigenvalue weighted by Crippen LogP contribution is -2.32. The zero-order valence-electron chi connectivity index (χ0n) is 18.0. The molecule has 2 nitrogen and oxygen atoms in total. The molecule has 0 radical (unpaired) electrons. The first-order chi connectivity index (χ1) is 16.4. The highest BCUT2D eigenvalue weighted by Crippen LogP contribution is 2.62. The normalized spacial score (nSPS) is 13.9. The topological polar surface area (TPSA) is 21.3 Å². The third kappa shape index (κ3) is 2.49. The molecular weight excluding hydrogens is 402 g/mol. The summed E-state index contributed by atoms with van der Waals surface area (Å²) >= 11 is 0. The van der Waals surface area contributed by atoms with Crippen LogP contribution >= 0.6 is 0 Å². The maximum absolute atomic E-state index is 6.38. The summed E-state index contributed by atoms with van der Waals surface area (Å²) in [4.78, 5) is 0. The fourth-order valence-electron chi connectivity index (χ4n) is 5.62. The second-order valence-corrected chi connectivity index (χ2v) is 8.64. The Morgan fingerprint density at radius 2 is 1.03 bits per heavy atom. The number of hydrogen-bond donors (Lipinski definition) is 1. The van der Waals surface area contributed by atoms with Crippen LogP contribution in [-0.4, -0.2) is 0 Å². The Labute approximate surface area is 193 Å². The van der Waals surface area contributed by atoms with Gasteiger partial charge < -0.3 is 10.1 Å². The standard InChI is InChI=1S/C31H21NO/c1-2-10-21(11-3-1)32-22-18-19-26-24(20-22)23-12-4-5-13-25(23)31(26)27-14-6-8-16-29(27)33-30-17-9-7-15-28(30)31/h1-20,32H. The van der Waals surface area contributed by atoms with Crippen LogP contribution in [0.3, 0.4) is 0 Å². The highest BCUT2D eigenvalue weighted by Gasteiger charge is 2.50. The fourth-order valence-corrected chi connectivity index (χ4v) is 5.62. The molecule has 156 valence electrons. The SMILES string of the molecule is c1ccc(Nc2ccc3c(c2)-c2ccccc2C32c3ccccc3Oc3ccccc32)cc1. The first-order valence-electron chi connectivity index (χ1n) is 11.3. The maximum Gasteiger partial charge on any atom is 0.132 e. The summed E-state index contributed by atoms with van der Waals surface area (Å²) in [5, 5.41) is 3.57. The largest absolute Gasteiger partial charge is 0.457 e. The zero-order valence-corrected chi connectivity index (χ0v) is 18.0. The fraction of sp³-hybridized carbons (Fsp3) is 0.0323. The molecule has 0 amide bonds. The zero-order chi connectivity index (χ0) is 21.8. The third-order valence-corrected chi connectivity index (χ3v) is 6.91. The predicted molar refractivity (Wildman–Crippen MR) is 134 cm³/mol. The number of nitrogens with one attached hydrogen (secondary N) is 1. The first-order valence-corrected chi connectivity index (χ1v) is 11.3. The van der Waals surface area contributed by atoms with Gasteiger partial charge >= 0.3 is 0 Å². The number of rotatable bonds is 2. The second kappa shape index (κ2) is 6.85. The van der Waals surface area contributed by atoms with Gasteiger partial charge in [-0.25, -0.2) is 0 Å². The molecule has 1 N–H and O–H groups in total. The Morgan fingerprint density at radius 1 is 0.455 bits per heavy atom. The molecule has 1 heterocycles. The van der Waals surface area contributed by atoms with Gasteiger partial charge in [-0.15, -0.1) is 0 Å². The molecule has 1 aliphatic heterocycles. The molecule has 7 rings (SSSR count). The minimum atomic E-state index is -0.400. The molecule has 2 aliphatic rings. The van der Waals surface area contributed by atoms with Crippen LogP contribution in [0.5, 0.6) is 11.5 Å².